The smallest absolute Gasteiger partial charge is 0.294 e. The van der Waals surface area contributed by atoms with E-state index in [1.165, 1.54) is 14.2 Å². The van der Waals surface area contributed by atoms with Crippen LogP contribution in [0.25, 0.3) is 0 Å². The van der Waals surface area contributed by atoms with Crippen LogP contribution in [-0.4, -0.2) is 80.8 Å². The summed E-state index contributed by atoms with van der Waals surface area (Å²) in [6, 6.07) is -1.22. The molecule has 8 nitrogen and oxygen atoms in total. The second kappa shape index (κ2) is 8.97. The van der Waals surface area contributed by atoms with Crippen molar-refractivity contribution in [3.63, 3.8) is 0 Å². The molecule has 0 aliphatic heterocycles. The maximum absolute atomic E-state index is 13.4. The van der Waals surface area contributed by atoms with E-state index in [1.807, 2.05) is 0 Å². The van der Waals surface area contributed by atoms with Gasteiger partial charge in [-0.3, -0.25) is 4.79 Å². The maximum atomic E-state index is 13.4. The molecule has 142 valence electrons. The summed E-state index contributed by atoms with van der Waals surface area (Å²) in [5.41, 5.74) is 10.9. The molecule has 3 unspecified atom stereocenters. The number of hydrogen-bond acceptors (Lipinski definition) is 7. The molecule has 10 heteroatoms. The van der Waals surface area contributed by atoms with Crippen molar-refractivity contribution in [3.8, 4) is 0 Å². The van der Waals surface area contributed by atoms with E-state index in [2.05, 4.69) is 5.32 Å². The third kappa shape index (κ3) is 4.58. The van der Waals surface area contributed by atoms with Crippen LogP contribution in [0, 0.1) is 0 Å². The molecule has 24 heavy (non-hydrogen) atoms. The second-order valence-electron chi connectivity index (χ2n) is 5.70. The average Bonchev–Trinajstić information content (AvgIpc) is 2.54. The van der Waals surface area contributed by atoms with E-state index in [1.54, 1.807) is 6.92 Å². The van der Waals surface area contributed by atoms with Crippen LogP contribution in [0.2, 0.25) is 0 Å². The zero-order chi connectivity index (χ0) is 18.5. The van der Waals surface area contributed by atoms with Crippen LogP contribution < -0.4 is 16.8 Å². The minimum absolute atomic E-state index is 0.216. The molecule has 6 atom stereocenters. The molecule has 0 spiro atoms. The van der Waals surface area contributed by atoms with Gasteiger partial charge < -0.3 is 36.1 Å². The highest BCUT2D eigenvalue weighted by Crippen LogP contribution is 2.27. The van der Waals surface area contributed by atoms with Crippen molar-refractivity contribution in [1.29, 1.82) is 0 Å². The zero-order valence-corrected chi connectivity index (χ0v) is 14.1. The van der Waals surface area contributed by atoms with Crippen molar-refractivity contribution in [2.75, 3.05) is 27.4 Å². The third-order valence-electron chi connectivity index (χ3n) is 4.14. The number of carbonyl (C=O) groups excluding carboxylic acids is 1. The van der Waals surface area contributed by atoms with Crippen molar-refractivity contribution in [1.82, 2.24) is 5.32 Å². The normalized spacial score (nSPS) is 32.4. The van der Waals surface area contributed by atoms with Crippen LogP contribution in [0.1, 0.15) is 13.3 Å². The molecule has 1 rings (SSSR count). The number of rotatable bonds is 8. The van der Waals surface area contributed by atoms with E-state index in [0.717, 1.165) is 0 Å². The predicted molar refractivity (Wildman–Crippen MR) is 81.5 cm³/mol. The lowest BCUT2D eigenvalue weighted by Gasteiger charge is -2.44. The van der Waals surface area contributed by atoms with Gasteiger partial charge in [0.1, 0.15) is 18.3 Å². The number of amides is 1. The third-order valence-corrected chi connectivity index (χ3v) is 4.14. The van der Waals surface area contributed by atoms with Crippen molar-refractivity contribution >= 4 is 5.91 Å². The van der Waals surface area contributed by atoms with Gasteiger partial charge in [0, 0.05) is 26.9 Å². The Bertz CT molecular complexity index is 416. The monoisotopic (exact) mass is 355 g/mol. The van der Waals surface area contributed by atoms with Gasteiger partial charge in [0.2, 0.25) is 0 Å². The number of halogens is 2. The Balaban J connectivity index is 2.91. The Morgan fingerprint density at radius 3 is 2.38 bits per heavy atom. The molecule has 0 heterocycles. The van der Waals surface area contributed by atoms with Gasteiger partial charge in [0.25, 0.3) is 11.8 Å². The number of aliphatic hydroxyl groups excluding tert-OH is 1. The molecular weight excluding hydrogens is 328 g/mol. The number of alkyl halides is 2. The SMILES string of the molecule is CCO[C@@H]1C(OC)[C@H](NC(=O)C(O)C(F)(F)CN)CC(N)[C@H]1OC. The van der Waals surface area contributed by atoms with Crippen LogP contribution in [0.3, 0.4) is 0 Å². The van der Waals surface area contributed by atoms with E-state index in [4.69, 9.17) is 25.7 Å². The number of carbonyl (C=O) groups is 1. The molecule has 1 aliphatic carbocycles. The maximum Gasteiger partial charge on any atom is 0.294 e. The van der Waals surface area contributed by atoms with E-state index < -0.39 is 54.9 Å². The number of methoxy groups -OCH3 is 2. The molecule has 0 saturated heterocycles. The molecule has 0 radical (unpaired) electrons. The van der Waals surface area contributed by atoms with Gasteiger partial charge in [-0.15, -0.1) is 0 Å². The van der Waals surface area contributed by atoms with Crippen molar-refractivity contribution < 1.29 is 32.9 Å². The van der Waals surface area contributed by atoms with Crippen LogP contribution >= 0.6 is 0 Å². The van der Waals surface area contributed by atoms with Crippen molar-refractivity contribution in [3.05, 3.63) is 0 Å². The number of hydrogen-bond donors (Lipinski definition) is 4. The molecule has 0 aromatic rings. The number of nitrogens with two attached hydrogens (primary N) is 2. The molecule has 0 bridgehead atoms. The van der Waals surface area contributed by atoms with Crippen molar-refractivity contribution in [2.24, 2.45) is 11.5 Å². The van der Waals surface area contributed by atoms with Gasteiger partial charge in [0.05, 0.1) is 12.6 Å². The van der Waals surface area contributed by atoms with E-state index in [9.17, 15) is 18.7 Å². The van der Waals surface area contributed by atoms with Gasteiger partial charge in [-0.1, -0.05) is 0 Å². The Morgan fingerprint density at radius 1 is 1.33 bits per heavy atom. The summed E-state index contributed by atoms with van der Waals surface area (Å²) in [6.45, 7) is 0.983. The van der Waals surface area contributed by atoms with Crippen LogP contribution in [0.4, 0.5) is 8.78 Å². The number of ether oxygens (including phenoxy) is 3. The summed E-state index contributed by atoms with van der Waals surface area (Å²) < 4.78 is 43.1. The Morgan fingerprint density at radius 2 is 1.92 bits per heavy atom. The topological polar surface area (TPSA) is 129 Å². The Hall–Kier alpha value is -0.910. The van der Waals surface area contributed by atoms with Gasteiger partial charge in [-0.25, -0.2) is 8.78 Å². The number of aliphatic hydroxyl groups is 1. The van der Waals surface area contributed by atoms with Crippen LogP contribution in [-0.2, 0) is 19.0 Å². The predicted octanol–water partition coefficient (Wildman–Crippen LogP) is -1.41. The summed E-state index contributed by atoms with van der Waals surface area (Å²) in [5.74, 6) is -4.96. The molecule has 1 fully saturated rings. The highest BCUT2D eigenvalue weighted by atomic mass is 19.3. The second-order valence-corrected chi connectivity index (χ2v) is 5.70. The summed E-state index contributed by atoms with van der Waals surface area (Å²) in [5, 5.41) is 11.9. The first-order chi connectivity index (χ1) is 11.2. The highest BCUT2D eigenvalue weighted by Gasteiger charge is 2.48. The molecule has 0 aromatic carbocycles. The van der Waals surface area contributed by atoms with Crippen LogP contribution in [0.15, 0.2) is 0 Å². The quantitative estimate of drug-likeness (QED) is 0.421. The summed E-state index contributed by atoms with van der Waals surface area (Å²) in [4.78, 5) is 11.9. The fourth-order valence-corrected chi connectivity index (χ4v) is 2.92. The Kier molecular flexibility index (Phi) is 7.90. The Labute approximate surface area is 139 Å². The summed E-state index contributed by atoms with van der Waals surface area (Å²) in [7, 11) is 2.89. The molecule has 6 N–H and O–H groups in total. The van der Waals surface area contributed by atoms with Gasteiger partial charge in [-0.05, 0) is 13.3 Å². The zero-order valence-electron chi connectivity index (χ0n) is 14.1. The van der Waals surface area contributed by atoms with Gasteiger partial charge in [0.15, 0.2) is 6.10 Å². The lowest BCUT2D eigenvalue weighted by molar-refractivity contribution is -0.167. The summed E-state index contributed by atoms with van der Waals surface area (Å²) in [6.07, 6.45) is -4.07. The molecular formula is C14H27F2N3O5. The molecule has 1 aliphatic rings. The first-order valence-corrected chi connectivity index (χ1v) is 7.72. The standard InChI is InChI=1S/C14H27F2N3O5/c1-4-24-11-9(22-2)7(18)5-8(10(11)23-3)19-13(21)12(20)14(15,16)6-17/h7-12,20H,4-6,17-18H2,1-3H3,(H,19,21)/t7?,8-,9-,10?,11+,12?/m1/s1. The number of nitrogens with one attached hydrogen (secondary N) is 1. The first-order valence-electron chi connectivity index (χ1n) is 7.72. The average molecular weight is 355 g/mol. The van der Waals surface area contributed by atoms with Crippen molar-refractivity contribution in [2.45, 2.75) is 55.8 Å². The molecule has 1 amide bonds. The minimum Gasteiger partial charge on any atom is -0.378 e. The van der Waals surface area contributed by atoms with Gasteiger partial charge in [-0.2, -0.15) is 0 Å². The lowest BCUT2D eigenvalue weighted by atomic mass is 9.83. The van der Waals surface area contributed by atoms with Crippen LogP contribution in [0.5, 0.6) is 0 Å². The highest BCUT2D eigenvalue weighted by molar-refractivity contribution is 5.82. The first kappa shape index (κ1) is 21.1. The van der Waals surface area contributed by atoms with Gasteiger partial charge >= 0.3 is 0 Å². The minimum atomic E-state index is -3.72. The lowest BCUT2D eigenvalue weighted by Crippen LogP contribution is -2.66. The fraction of sp³-hybridized carbons (Fsp3) is 0.929. The molecule has 0 aromatic heterocycles. The largest absolute Gasteiger partial charge is 0.378 e. The van der Waals surface area contributed by atoms with E-state index >= 15 is 0 Å². The molecule has 1 saturated carbocycles. The van der Waals surface area contributed by atoms with E-state index in [-0.39, 0.29) is 6.42 Å². The summed E-state index contributed by atoms with van der Waals surface area (Å²) >= 11 is 0. The fourth-order valence-electron chi connectivity index (χ4n) is 2.92. The van der Waals surface area contributed by atoms with E-state index in [0.29, 0.717) is 6.61 Å².